The van der Waals surface area contributed by atoms with Crippen LogP contribution < -0.4 is 5.32 Å². The summed E-state index contributed by atoms with van der Waals surface area (Å²) in [6.45, 7) is 8.50. The van der Waals surface area contributed by atoms with Gasteiger partial charge in [0, 0.05) is 31.7 Å². The Kier molecular flexibility index (Phi) is 8.84. The number of nitrogens with one attached hydrogen (secondary N) is 1. The fourth-order valence-electron chi connectivity index (χ4n) is 1.16. The Balaban J connectivity index is 3.40. The third-order valence-corrected chi connectivity index (χ3v) is 2.36. The van der Waals surface area contributed by atoms with Crippen molar-refractivity contribution in [3.05, 3.63) is 0 Å². The summed E-state index contributed by atoms with van der Waals surface area (Å²) in [5.41, 5.74) is -0.136. The van der Waals surface area contributed by atoms with Crippen molar-refractivity contribution in [3.8, 4) is 0 Å². The van der Waals surface area contributed by atoms with Crippen molar-refractivity contribution in [3.63, 3.8) is 0 Å². The lowest BCUT2D eigenvalue weighted by atomic mass is 9.95. The summed E-state index contributed by atoms with van der Waals surface area (Å²) in [6.07, 6.45) is 1.68. The molecule has 0 radical (unpaired) electrons. The molecule has 3 N–H and O–H groups in total. The maximum atomic E-state index is 9.57. The molecule has 0 saturated heterocycles. The summed E-state index contributed by atoms with van der Waals surface area (Å²) in [5, 5.41) is 21.7. The normalized spacial score (nSPS) is 14.1. The molecule has 0 aliphatic rings. The van der Waals surface area contributed by atoms with E-state index in [1.807, 2.05) is 13.8 Å². The Morgan fingerprint density at radius 2 is 2.06 bits per heavy atom. The van der Waals surface area contributed by atoms with Gasteiger partial charge in [0.15, 0.2) is 0 Å². The second-order valence-electron chi connectivity index (χ2n) is 5.04. The summed E-state index contributed by atoms with van der Waals surface area (Å²) in [4.78, 5) is 0. The largest absolute Gasteiger partial charge is 0.396 e. The first-order chi connectivity index (χ1) is 7.52. The molecule has 16 heavy (non-hydrogen) atoms. The molecule has 0 bridgehead atoms. The van der Waals surface area contributed by atoms with E-state index < -0.39 is 6.10 Å². The topological polar surface area (TPSA) is 61.7 Å². The molecule has 0 aliphatic heterocycles. The zero-order valence-electron chi connectivity index (χ0n) is 10.8. The van der Waals surface area contributed by atoms with Gasteiger partial charge in [0.2, 0.25) is 0 Å². The Bertz CT molecular complexity index is 162. The molecule has 0 aliphatic carbocycles. The van der Waals surface area contributed by atoms with Crippen LogP contribution in [0, 0.1) is 5.41 Å². The van der Waals surface area contributed by atoms with Crippen molar-refractivity contribution in [2.24, 2.45) is 5.41 Å². The number of aliphatic hydroxyl groups is 2. The summed E-state index contributed by atoms with van der Waals surface area (Å²) >= 11 is 0. The Morgan fingerprint density at radius 1 is 1.38 bits per heavy atom. The minimum absolute atomic E-state index is 0.136. The van der Waals surface area contributed by atoms with Crippen molar-refractivity contribution in [1.82, 2.24) is 5.32 Å². The molecule has 0 aromatic carbocycles. The van der Waals surface area contributed by atoms with E-state index in [1.165, 1.54) is 0 Å². The lowest BCUT2D eigenvalue weighted by Gasteiger charge is -2.23. The van der Waals surface area contributed by atoms with Crippen LogP contribution in [0.5, 0.6) is 0 Å². The second kappa shape index (κ2) is 8.93. The monoisotopic (exact) mass is 233 g/mol. The van der Waals surface area contributed by atoms with Gasteiger partial charge in [-0.1, -0.05) is 27.2 Å². The van der Waals surface area contributed by atoms with Crippen LogP contribution in [0.3, 0.4) is 0 Å². The molecule has 1 atom stereocenters. The minimum atomic E-state index is -0.466. The maximum absolute atomic E-state index is 9.57. The second-order valence-corrected chi connectivity index (χ2v) is 5.04. The van der Waals surface area contributed by atoms with Crippen molar-refractivity contribution in [2.75, 3.05) is 32.9 Å². The van der Waals surface area contributed by atoms with Crippen molar-refractivity contribution in [2.45, 2.75) is 39.7 Å². The third kappa shape index (κ3) is 9.09. The maximum Gasteiger partial charge on any atom is 0.0897 e. The lowest BCUT2D eigenvalue weighted by Crippen LogP contribution is -2.38. The van der Waals surface area contributed by atoms with Gasteiger partial charge < -0.3 is 20.3 Å². The summed E-state index contributed by atoms with van der Waals surface area (Å²) in [7, 11) is 0. The average Bonchev–Trinajstić information content (AvgIpc) is 2.24. The van der Waals surface area contributed by atoms with E-state index in [-0.39, 0.29) is 12.0 Å². The molecular formula is C12H27NO3. The van der Waals surface area contributed by atoms with E-state index in [0.29, 0.717) is 19.7 Å². The highest BCUT2D eigenvalue weighted by molar-refractivity contribution is 4.71. The van der Waals surface area contributed by atoms with E-state index >= 15 is 0 Å². The van der Waals surface area contributed by atoms with Crippen LogP contribution in [-0.2, 0) is 4.74 Å². The summed E-state index contributed by atoms with van der Waals surface area (Å²) in [6, 6.07) is 0. The molecule has 0 rings (SSSR count). The van der Waals surface area contributed by atoms with Gasteiger partial charge in [-0.2, -0.15) is 0 Å². The SMILES string of the molecule is CCCCOCC(O)CNCC(C)(C)CO. The fourth-order valence-corrected chi connectivity index (χ4v) is 1.16. The van der Waals surface area contributed by atoms with E-state index in [2.05, 4.69) is 12.2 Å². The first kappa shape index (κ1) is 15.8. The van der Waals surface area contributed by atoms with E-state index in [0.717, 1.165) is 19.4 Å². The Morgan fingerprint density at radius 3 is 2.62 bits per heavy atom. The average molecular weight is 233 g/mol. The van der Waals surface area contributed by atoms with Crippen LogP contribution in [-0.4, -0.2) is 49.2 Å². The smallest absolute Gasteiger partial charge is 0.0897 e. The Labute approximate surface area is 99.0 Å². The molecule has 0 aromatic heterocycles. The molecular weight excluding hydrogens is 206 g/mol. The van der Waals surface area contributed by atoms with Crippen LogP contribution in [0.4, 0.5) is 0 Å². The first-order valence-corrected chi connectivity index (χ1v) is 6.09. The molecule has 0 fully saturated rings. The predicted octanol–water partition coefficient (Wildman–Crippen LogP) is 0.772. The summed E-state index contributed by atoms with van der Waals surface area (Å²) in [5.74, 6) is 0. The standard InChI is InChI=1S/C12H27NO3/c1-4-5-6-16-8-11(15)7-13-9-12(2,3)10-14/h11,13-15H,4-10H2,1-3H3. The van der Waals surface area contributed by atoms with Crippen LogP contribution in [0.25, 0.3) is 0 Å². The van der Waals surface area contributed by atoms with Gasteiger partial charge in [-0.05, 0) is 6.42 Å². The van der Waals surface area contributed by atoms with E-state index in [4.69, 9.17) is 9.84 Å². The van der Waals surface area contributed by atoms with Crippen LogP contribution in [0.1, 0.15) is 33.6 Å². The number of aliphatic hydroxyl groups excluding tert-OH is 2. The van der Waals surface area contributed by atoms with Gasteiger partial charge in [-0.3, -0.25) is 0 Å². The van der Waals surface area contributed by atoms with Crippen LogP contribution >= 0.6 is 0 Å². The van der Waals surface area contributed by atoms with Crippen molar-refractivity contribution < 1.29 is 14.9 Å². The van der Waals surface area contributed by atoms with Crippen molar-refractivity contribution in [1.29, 1.82) is 0 Å². The molecule has 4 nitrogen and oxygen atoms in total. The molecule has 1 unspecified atom stereocenters. The van der Waals surface area contributed by atoms with Gasteiger partial charge in [-0.15, -0.1) is 0 Å². The number of unbranched alkanes of at least 4 members (excludes halogenated alkanes) is 1. The molecule has 98 valence electrons. The van der Waals surface area contributed by atoms with Gasteiger partial charge >= 0.3 is 0 Å². The fraction of sp³-hybridized carbons (Fsp3) is 1.00. The van der Waals surface area contributed by atoms with Gasteiger partial charge in [-0.25, -0.2) is 0 Å². The highest BCUT2D eigenvalue weighted by Gasteiger charge is 2.16. The minimum Gasteiger partial charge on any atom is -0.396 e. The number of ether oxygens (including phenoxy) is 1. The van der Waals surface area contributed by atoms with Gasteiger partial charge in [0.05, 0.1) is 12.7 Å². The lowest BCUT2D eigenvalue weighted by molar-refractivity contribution is 0.0339. The molecule has 0 heterocycles. The third-order valence-electron chi connectivity index (χ3n) is 2.36. The molecule has 0 saturated carbocycles. The quantitative estimate of drug-likeness (QED) is 0.488. The number of hydrogen-bond donors (Lipinski definition) is 3. The number of hydrogen-bond acceptors (Lipinski definition) is 4. The molecule has 0 spiro atoms. The molecule has 0 amide bonds. The first-order valence-electron chi connectivity index (χ1n) is 6.09. The summed E-state index contributed by atoms with van der Waals surface area (Å²) < 4.78 is 5.31. The van der Waals surface area contributed by atoms with Crippen LogP contribution in [0.15, 0.2) is 0 Å². The molecule has 0 aromatic rings. The highest BCUT2D eigenvalue weighted by Crippen LogP contribution is 2.10. The van der Waals surface area contributed by atoms with Gasteiger partial charge in [0.25, 0.3) is 0 Å². The van der Waals surface area contributed by atoms with Crippen molar-refractivity contribution >= 4 is 0 Å². The zero-order chi connectivity index (χ0) is 12.4. The van der Waals surface area contributed by atoms with Gasteiger partial charge in [0.1, 0.15) is 0 Å². The van der Waals surface area contributed by atoms with E-state index in [1.54, 1.807) is 0 Å². The van der Waals surface area contributed by atoms with Crippen LogP contribution in [0.2, 0.25) is 0 Å². The Hall–Kier alpha value is -0.160. The predicted molar refractivity (Wildman–Crippen MR) is 65.5 cm³/mol. The van der Waals surface area contributed by atoms with E-state index in [9.17, 15) is 5.11 Å². The highest BCUT2D eigenvalue weighted by atomic mass is 16.5. The zero-order valence-corrected chi connectivity index (χ0v) is 10.8. The molecule has 4 heteroatoms. The number of rotatable bonds is 10.